The van der Waals surface area contributed by atoms with Crippen LogP contribution < -0.4 is 5.32 Å². The van der Waals surface area contributed by atoms with Crippen molar-refractivity contribution in [2.45, 2.75) is 32.8 Å². The molecule has 0 saturated carbocycles. The highest BCUT2D eigenvalue weighted by Crippen LogP contribution is 2.42. The molecular formula is C26H27N5O3S. The maximum Gasteiger partial charge on any atom is 0.323 e. The number of aromatic nitrogens is 2. The number of aliphatic hydroxyl groups is 1. The summed E-state index contributed by atoms with van der Waals surface area (Å²) < 4.78 is 5.51. The van der Waals surface area contributed by atoms with Crippen LogP contribution in [0.4, 0.5) is 9.93 Å². The number of anilines is 1. The fourth-order valence-electron chi connectivity index (χ4n) is 4.59. The van der Waals surface area contributed by atoms with Crippen LogP contribution in [0.3, 0.4) is 0 Å². The van der Waals surface area contributed by atoms with Gasteiger partial charge in [-0.2, -0.15) is 5.26 Å². The molecule has 180 valence electrons. The number of hydrogen-bond donors (Lipinski definition) is 2. The first-order valence-electron chi connectivity index (χ1n) is 11.5. The molecule has 2 amide bonds. The van der Waals surface area contributed by atoms with Crippen LogP contribution in [-0.2, 0) is 10.3 Å². The van der Waals surface area contributed by atoms with Crippen LogP contribution in [0.5, 0.6) is 0 Å². The Morgan fingerprint density at radius 2 is 2.06 bits per heavy atom. The van der Waals surface area contributed by atoms with Crippen molar-refractivity contribution in [3.63, 3.8) is 0 Å². The lowest BCUT2D eigenvalue weighted by Gasteiger charge is -2.46. The summed E-state index contributed by atoms with van der Waals surface area (Å²) in [6.07, 6.45) is 0.989. The SMILES string of the molecule is Cc1cc(-c2sc(NC(=O)N3CC4(CCOC4)C3)nc2-c2cccc(C#N)c2)cc(C(C)(C)O)n1. The zero-order chi connectivity index (χ0) is 24.8. The molecule has 2 aliphatic rings. The van der Waals surface area contributed by atoms with Gasteiger partial charge in [-0.3, -0.25) is 10.3 Å². The van der Waals surface area contributed by atoms with Gasteiger partial charge in [-0.05, 0) is 57.0 Å². The van der Waals surface area contributed by atoms with Gasteiger partial charge >= 0.3 is 6.03 Å². The Kier molecular flexibility index (Phi) is 5.83. The van der Waals surface area contributed by atoms with Gasteiger partial charge in [-0.1, -0.05) is 23.5 Å². The van der Waals surface area contributed by atoms with Gasteiger partial charge in [0.1, 0.15) is 5.60 Å². The third kappa shape index (κ3) is 4.65. The second kappa shape index (κ2) is 8.72. The average Bonchev–Trinajstić information content (AvgIpc) is 3.45. The standard InChI is InChI=1S/C26H27N5O3S/c1-16-9-19(11-20(28-16)25(2,3)33)22-21(18-6-4-5-17(10-18)12-27)29-23(35-22)30-24(32)31-13-26(14-31)7-8-34-15-26/h4-6,9-11,33H,7-8,13-15H2,1-3H3,(H,29,30,32). The molecule has 1 aromatic carbocycles. The number of aryl methyl sites for hydroxylation is 1. The van der Waals surface area contributed by atoms with Crippen LogP contribution in [0.25, 0.3) is 21.7 Å². The largest absolute Gasteiger partial charge is 0.384 e. The predicted octanol–water partition coefficient (Wildman–Crippen LogP) is 4.53. The predicted molar refractivity (Wildman–Crippen MR) is 134 cm³/mol. The van der Waals surface area contributed by atoms with E-state index in [0.29, 0.717) is 41.8 Å². The van der Waals surface area contributed by atoms with Crippen molar-refractivity contribution in [3.8, 4) is 27.8 Å². The maximum atomic E-state index is 12.9. The molecule has 2 fully saturated rings. The molecule has 0 unspecified atom stereocenters. The van der Waals surface area contributed by atoms with E-state index in [1.165, 1.54) is 11.3 Å². The van der Waals surface area contributed by atoms with Gasteiger partial charge in [0.15, 0.2) is 5.13 Å². The first-order valence-corrected chi connectivity index (χ1v) is 12.3. The normalized spacial score (nSPS) is 16.7. The fourth-order valence-corrected chi connectivity index (χ4v) is 5.55. The third-order valence-corrected chi connectivity index (χ3v) is 7.49. The number of nitrogens with zero attached hydrogens (tertiary/aromatic N) is 4. The Balaban J connectivity index is 1.50. The molecule has 3 aromatic rings. The van der Waals surface area contributed by atoms with E-state index in [9.17, 15) is 15.2 Å². The molecule has 0 aliphatic carbocycles. The topological polar surface area (TPSA) is 111 Å². The highest BCUT2D eigenvalue weighted by Gasteiger charge is 2.47. The molecule has 0 bridgehead atoms. The molecule has 0 radical (unpaired) electrons. The van der Waals surface area contributed by atoms with Crippen molar-refractivity contribution in [1.82, 2.24) is 14.9 Å². The smallest absolute Gasteiger partial charge is 0.323 e. The number of benzene rings is 1. The van der Waals surface area contributed by atoms with Gasteiger partial charge < -0.3 is 14.7 Å². The molecular weight excluding hydrogens is 462 g/mol. The number of rotatable bonds is 4. The second-order valence-electron chi connectivity index (χ2n) is 9.92. The Bertz CT molecular complexity index is 1320. The minimum atomic E-state index is -1.11. The van der Waals surface area contributed by atoms with E-state index in [1.807, 2.05) is 31.2 Å². The quantitative estimate of drug-likeness (QED) is 0.557. The fraction of sp³-hybridized carbons (Fsp3) is 0.385. The summed E-state index contributed by atoms with van der Waals surface area (Å²) in [4.78, 5) is 24.8. The number of ether oxygens (including phenoxy) is 1. The van der Waals surface area contributed by atoms with Crippen molar-refractivity contribution >= 4 is 22.5 Å². The summed E-state index contributed by atoms with van der Waals surface area (Å²) in [5.41, 5.74) is 3.13. The van der Waals surface area contributed by atoms with Crippen molar-refractivity contribution in [3.05, 3.63) is 53.3 Å². The number of urea groups is 1. The summed E-state index contributed by atoms with van der Waals surface area (Å²) in [5, 5.41) is 23.4. The van der Waals surface area contributed by atoms with Gasteiger partial charge in [0.2, 0.25) is 0 Å². The molecule has 2 saturated heterocycles. The van der Waals surface area contributed by atoms with E-state index >= 15 is 0 Å². The molecule has 5 rings (SSSR count). The highest BCUT2D eigenvalue weighted by atomic mass is 32.1. The maximum absolute atomic E-state index is 12.9. The number of amides is 2. The summed E-state index contributed by atoms with van der Waals surface area (Å²) in [7, 11) is 0. The molecule has 35 heavy (non-hydrogen) atoms. The Labute approximate surface area is 208 Å². The molecule has 9 heteroatoms. The van der Waals surface area contributed by atoms with Crippen LogP contribution in [0, 0.1) is 23.7 Å². The average molecular weight is 490 g/mol. The van der Waals surface area contributed by atoms with Crippen molar-refractivity contribution in [1.29, 1.82) is 5.26 Å². The van der Waals surface area contributed by atoms with Crippen LogP contribution in [-0.4, -0.2) is 52.3 Å². The number of pyridine rings is 1. The van der Waals surface area contributed by atoms with E-state index in [0.717, 1.165) is 34.7 Å². The Hall–Kier alpha value is -3.32. The number of nitriles is 1. The van der Waals surface area contributed by atoms with Crippen LogP contribution >= 0.6 is 11.3 Å². The number of carbonyl (C=O) groups is 1. The van der Waals surface area contributed by atoms with Gasteiger partial charge in [0, 0.05) is 36.4 Å². The van der Waals surface area contributed by atoms with Gasteiger partial charge in [0.25, 0.3) is 0 Å². The van der Waals surface area contributed by atoms with Gasteiger partial charge in [-0.15, -0.1) is 0 Å². The summed E-state index contributed by atoms with van der Waals surface area (Å²) in [6.45, 7) is 8.12. The lowest BCUT2D eigenvalue weighted by molar-refractivity contribution is 0.0255. The first kappa shape index (κ1) is 23.4. The van der Waals surface area contributed by atoms with Gasteiger partial charge in [0.05, 0.1) is 34.5 Å². The zero-order valence-corrected chi connectivity index (χ0v) is 20.8. The molecule has 1 spiro atoms. The molecule has 2 N–H and O–H groups in total. The van der Waals surface area contributed by atoms with Crippen LogP contribution in [0.1, 0.15) is 37.2 Å². The lowest BCUT2D eigenvalue weighted by atomic mass is 9.79. The van der Waals surface area contributed by atoms with E-state index in [1.54, 1.807) is 30.9 Å². The summed E-state index contributed by atoms with van der Waals surface area (Å²) in [5.74, 6) is 0. The van der Waals surface area contributed by atoms with Crippen LogP contribution in [0.2, 0.25) is 0 Å². The monoisotopic (exact) mass is 489 g/mol. The van der Waals surface area contributed by atoms with Crippen LogP contribution in [0.15, 0.2) is 36.4 Å². The Morgan fingerprint density at radius 1 is 1.26 bits per heavy atom. The molecule has 8 nitrogen and oxygen atoms in total. The van der Waals surface area contributed by atoms with E-state index in [2.05, 4.69) is 16.4 Å². The number of hydrogen-bond acceptors (Lipinski definition) is 7. The summed E-state index contributed by atoms with van der Waals surface area (Å²) >= 11 is 1.37. The molecule has 2 aliphatic heterocycles. The van der Waals surface area contributed by atoms with Crippen molar-refractivity contribution < 1.29 is 14.6 Å². The van der Waals surface area contributed by atoms with E-state index in [-0.39, 0.29) is 11.4 Å². The number of nitrogens with one attached hydrogen (secondary N) is 1. The molecule has 2 aromatic heterocycles. The van der Waals surface area contributed by atoms with Gasteiger partial charge in [-0.25, -0.2) is 9.78 Å². The third-order valence-electron chi connectivity index (χ3n) is 6.47. The zero-order valence-electron chi connectivity index (χ0n) is 20.0. The van der Waals surface area contributed by atoms with E-state index < -0.39 is 5.60 Å². The first-order chi connectivity index (χ1) is 16.7. The Morgan fingerprint density at radius 3 is 2.74 bits per heavy atom. The summed E-state index contributed by atoms with van der Waals surface area (Å²) in [6, 6.07) is 13.0. The number of carbonyl (C=O) groups excluding carboxylic acids is 1. The van der Waals surface area contributed by atoms with Crippen molar-refractivity contribution in [2.24, 2.45) is 5.41 Å². The molecule has 4 heterocycles. The van der Waals surface area contributed by atoms with Crippen molar-refractivity contribution in [2.75, 3.05) is 31.6 Å². The second-order valence-corrected chi connectivity index (χ2v) is 10.9. The minimum absolute atomic E-state index is 0.107. The van der Waals surface area contributed by atoms with E-state index in [4.69, 9.17) is 9.72 Å². The molecule has 0 atom stereocenters. The number of thiazole rings is 1. The highest BCUT2D eigenvalue weighted by molar-refractivity contribution is 7.19. The lowest BCUT2D eigenvalue weighted by Crippen LogP contribution is -2.59. The minimum Gasteiger partial charge on any atom is -0.384 e. The number of likely N-dealkylation sites (tertiary alicyclic amines) is 1.